The van der Waals surface area contributed by atoms with Gasteiger partial charge in [0.05, 0.1) is 12.8 Å². The predicted octanol–water partition coefficient (Wildman–Crippen LogP) is 2.84. The van der Waals surface area contributed by atoms with Crippen molar-refractivity contribution in [3.05, 3.63) is 10.6 Å². The number of anilines is 1. The Morgan fingerprint density at radius 2 is 2.29 bits per heavy atom. The zero-order valence-electron chi connectivity index (χ0n) is 10.4. The zero-order chi connectivity index (χ0) is 12.4. The van der Waals surface area contributed by atoms with E-state index in [9.17, 15) is 4.79 Å². The van der Waals surface area contributed by atoms with E-state index in [0.717, 1.165) is 10.8 Å². The van der Waals surface area contributed by atoms with Crippen molar-refractivity contribution < 1.29 is 9.53 Å². The summed E-state index contributed by atoms with van der Waals surface area (Å²) in [6.07, 6.45) is 3.73. The molecule has 0 amide bonds. The molecule has 1 aliphatic rings. The normalized spacial score (nSPS) is 23.7. The minimum absolute atomic E-state index is 0.299. The highest BCUT2D eigenvalue weighted by molar-refractivity contribution is 7.17. The van der Waals surface area contributed by atoms with Crippen LogP contribution in [-0.4, -0.2) is 24.1 Å². The van der Waals surface area contributed by atoms with E-state index < -0.39 is 0 Å². The van der Waals surface area contributed by atoms with Crippen LogP contribution < -0.4 is 5.32 Å². The van der Waals surface area contributed by atoms with Crippen molar-refractivity contribution in [2.45, 2.75) is 39.2 Å². The summed E-state index contributed by atoms with van der Waals surface area (Å²) in [5.74, 6) is 0.383. The second-order valence-corrected chi connectivity index (χ2v) is 5.58. The SMILES string of the molecule is COC(=O)c1sc(NC2CCCC2C)nc1C. The highest BCUT2D eigenvalue weighted by Crippen LogP contribution is 2.30. The number of carbonyl (C=O) groups excluding carboxylic acids is 1. The summed E-state index contributed by atoms with van der Waals surface area (Å²) in [6, 6.07) is 0.492. The number of hydrogen-bond acceptors (Lipinski definition) is 5. The van der Waals surface area contributed by atoms with Crippen LogP contribution in [-0.2, 0) is 4.74 Å². The molecule has 1 aliphatic carbocycles. The van der Waals surface area contributed by atoms with Gasteiger partial charge < -0.3 is 10.1 Å². The minimum atomic E-state index is -0.299. The quantitative estimate of drug-likeness (QED) is 0.843. The number of esters is 1. The number of ether oxygens (including phenoxy) is 1. The van der Waals surface area contributed by atoms with Crippen LogP contribution in [0.3, 0.4) is 0 Å². The summed E-state index contributed by atoms with van der Waals surface area (Å²) in [4.78, 5) is 16.5. The molecule has 0 aliphatic heterocycles. The first-order chi connectivity index (χ1) is 8.11. The maximum Gasteiger partial charge on any atom is 0.350 e. The van der Waals surface area contributed by atoms with Crippen molar-refractivity contribution >= 4 is 22.4 Å². The summed E-state index contributed by atoms with van der Waals surface area (Å²) in [5.41, 5.74) is 0.745. The number of aryl methyl sites for hydroxylation is 1. The van der Waals surface area contributed by atoms with Crippen molar-refractivity contribution in [3.8, 4) is 0 Å². The molecule has 94 valence electrons. The number of hydrogen-bond donors (Lipinski definition) is 1. The van der Waals surface area contributed by atoms with Crippen molar-refractivity contribution in [3.63, 3.8) is 0 Å². The van der Waals surface area contributed by atoms with Crippen molar-refractivity contribution in [1.29, 1.82) is 0 Å². The lowest BCUT2D eigenvalue weighted by atomic mass is 10.1. The maximum absolute atomic E-state index is 11.5. The molecule has 1 aromatic heterocycles. The Morgan fingerprint density at radius 3 is 2.88 bits per heavy atom. The first-order valence-corrected chi connectivity index (χ1v) is 6.75. The third-order valence-electron chi connectivity index (χ3n) is 3.34. The number of rotatable bonds is 3. The molecule has 2 rings (SSSR count). The van der Waals surface area contributed by atoms with E-state index in [-0.39, 0.29) is 5.97 Å². The standard InChI is InChI=1S/C12H18N2O2S/c1-7-5-4-6-9(7)14-12-13-8(2)10(17-12)11(15)16-3/h7,9H,4-6H2,1-3H3,(H,13,14). The van der Waals surface area contributed by atoms with Crippen LogP contribution in [0.4, 0.5) is 5.13 Å². The van der Waals surface area contributed by atoms with Crippen LogP contribution in [0.2, 0.25) is 0 Å². The van der Waals surface area contributed by atoms with Crippen LogP contribution >= 0.6 is 11.3 Å². The first kappa shape index (κ1) is 12.4. The van der Waals surface area contributed by atoms with Gasteiger partial charge in [-0.15, -0.1) is 0 Å². The number of nitrogens with zero attached hydrogens (tertiary/aromatic N) is 1. The predicted molar refractivity (Wildman–Crippen MR) is 68.6 cm³/mol. The molecule has 0 spiro atoms. The lowest BCUT2D eigenvalue weighted by molar-refractivity contribution is 0.0605. The van der Waals surface area contributed by atoms with Crippen LogP contribution in [0.1, 0.15) is 41.6 Å². The van der Waals surface area contributed by atoms with Crippen LogP contribution in [0.5, 0.6) is 0 Å². The average Bonchev–Trinajstić information content (AvgIpc) is 2.86. The van der Waals surface area contributed by atoms with E-state index in [1.807, 2.05) is 6.92 Å². The van der Waals surface area contributed by atoms with E-state index in [1.165, 1.54) is 37.7 Å². The van der Waals surface area contributed by atoms with E-state index in [2.05, 4.69) is 17.2 Å². The summed E-state index contributed by atoms with van der Waals surface area (Å²) in [6.45, 7) is 4.10. The third-order valence-corrected chi connectivity index (χ3v) is 4.41. The second kappa shape index (κ2) is 5.04. The molecule has 5 heteroatoms. The van der Waals surface area contributed by atoms with E-state index in [1.54, 1.807) is 0 Å². The van der Waals surface area contributed by atoms with Gasteiger partial charge in [-0.3, -0.25) is 0 Å². The van der Waals surface area contributed by atoms with Crippen molar-refractivity contribution in [2.24, 2.45) is 5.92 Å². The molecule has 0 saturated heterocycles. The van der Waals surface area contributed by atoms with Crippen LogP contribution in [0, 0.1) is 12.8 Å². The number of carbonyl (C=O) groups is 1. The smallest absolute Gasteiger partial charge is 0.350 e. The molecule has 1 fully saturated rings. The Labute approximate surface area is 105 Å². The van der Waals surface area contributed by atoms with Gasteiger partial charge in [-0.05, 0) is 25.7 Å². The van der Waals surface area contributed by atoms with E-state index >= 15 is 0 Å². The number of methoxy groups -OCH3 is 1. The molecular formula is C12H18N2O2S. The lowest BCUT2D eigenvalue weighted by Crippen LogP contribution is -2.21. The number of aromatic nitrogens is 1. The van der Waals surface area contributed by atoms with Crippen molar-refractivity contribution in [2.75, 3.05) is 12.4 Å². The molecule has 4 nitrogen and oxygen atoms in total. The molecule has 0 radical (unpaired) electrons. The van der Waals surface area contributed by atoms with Gasteiger partial charge in [0.2, 0.25) is 0 Å². The second-order valence-electron chi connectivity index (χ2n) is 4.58. The van der Waals surface area contributed by atoms with Gasteiger partial charge in [0, 0.05) is 6.04 Å². The van der Waals surface area contributed by atoms with Gasteiger partial charge in [0.1, 0.15) is 4.88 Å². The van der Waals surface area contributed by atoms with Gasteiger partial charge in [0.15, 0.2) is 5.13 Å². The highest BCUT2D eigenvalue weighted by atomic mass is 32.1. The fraction of sp³-hybridized carbons (Fsp3) is 0.667. The molecule has 0 aromatic carbocycles. The fourth-order valence-corrected chi connectivity index (χ4v) is 3.20. The molecule has 1 heterocycles. The zero-order valence-corrected chi connectivity index (χ0v) is 11.3. The van der Waals surface area contributed by atoms with E-state index in [4.69, 9.17) is 4.74 Å². The molecule has 2 atom stereocenters. The van der Waals surface area contributed by atoms with Gasteiger partial charge in [0.25, 0.3) is 0 Å². The molecule has 0 bridgehead atoms. The highest BCUT2D eigenvalue weighted by Gasteiger charge is 2.25. The van der Waals surface area contributed by atoms with Gasteiger partial charge in [-0.1, -0.05) is 24.7 Å². The van der Waals surface area contributed by atoms with E-state index in [0.29, 0.717) is 16.8 Å². The van der Waals surface area contributed by atoms with Crippen LogP contribution in [0.25, 0.3) is 0 Å². The minimum Gasteiger partial charge on any atom is -0.465 e. The van der Waals surface area contributed by atoms with Gasteiger partial charge in [-0.2, -0.15) is 0 Å². The first-order valence-electron chi connectivity index (χ1n) is 5.94. The Kier molecular flexibility index (Phi) is 3.66. The van der Waals surface area contributed by atoms with Crippen LogP contribution in [0.15, 0.2) is 0 Å². The summed E-state index contributed by atoms with van der Waals surface area (Å²) in [7, 11) is 1.40. The maximum atomic E-state index is 11.5. The number of nitrogens with one attached hydrogen (secondary N) is 1. The molecule has 1 saturated carbocycles. The molecule has 1 N–H and O–H groups in total. The monoisotopic (exact) mass is 254 g/mol. The average molecular weight is 254 g/mol. The summed E-state index contributed by atoms with van der Waals surface area (Å²) < 4.78 is 4.73. The lowest BCUT2D eigenvalue weighted by Gasteiger charge is -2.15. The Morgan fingerprint density at radius 1 is 1.53 bits per heavy atom. The Balaban J connectivity index is 2.09. The van der Waals surface area contributed by atoms with Crippen molar-refractivity contribution in [1.82, 2.24) is 4.98 Å². The topological polar surface area (TPSA) is 51.2 Å². The molecular weight excluding hydrogens is 236 g/mol. The molecule has 1 aromatic rings. The van der Waals surface area contributed by atoms with Gasteiger partial charge >= 0.3 is 5.97 Å². The van der Waals surface area contributed by atoms with Gasteiger partial charge in [-0.25, -0.2) is 9.78 Å². The fourth-order valence-electron chi connectivity index (χ4n) is 2.26. The third kappa shape index (κ3) is 2.60. The Hall–Kier alpha value is -1.10. The Bertz CT molecular complexity index is 417. The molecule has 17 heavy (non-hydrogen) atoms. The largest absolute Gasteiger partial charge is 0.465 e. The molecule has 2 unspecified atom stereocenters. The summed E-state index contributed by atoms with van der Waals surface area (Å²) >= 11 is 1.38. The summed E-state index contributed by atoms with van der Waals surface area (Å²) in [5, 5.41) is 4.27. The number of thiazole rings is 1.